The normalized spacial score (nSPS) is 17.0. The number of piperidine rings is 1. The molecule has 0 unspecified atom stereocenters. The van der Waals surface area contributed by atoms with Gasteiger partial charge in [0.25, 0.3) is 5.91 Å². The molecule has 29 heavy (non-hydrogen) atoms. The van der Waals surface area contributed by atoms with E-state index in [0.717, 1.165) is 31.4 Å². The van der Waals surface area contributed by atoms with Crippen LogP contribution in [-0.4, -0.2) is 36.3 Å². The Balaban J connectivity index is 1.62. The fraction of sp³-hybridized carbons (Fsp3) is 0.391. The zero-order chi connectivity index (χ0) is 20.6. The van der Waals surface area contributed by atoms with E-state index in [4.69, 9.17) is 0 Å². The van der Waals surface area contributed by atoms with Gasteiger partial charge in [0.2, 0.25) is 5.91 Å². The molecule has 2 aromatic rings. The van der Waals surface area contributed by atoms with E-state index in [1.165, 1.54) is 12.1 Å². The molecule has 0 bridgehead atoms. The van der Waals surface area contributed by atoms with Crippen molar-refractivity contribution >= 4 is 17.5 Å². The molecule has 0 aliphatic carbocycles. The van der Waals surface area contributed by atoms with Gasteiger partial charge in [-0.25, -0.2) is 4.39 Å². The molecule has 1 atom stereocenters. The van der Waals surface area contributed by atoms with E-state index in [1.54, 1.807) is 30.3 Å². The molecular formula is C23H28FN3O2. The highest BCUT2D eigenvalue weighted by molar-refractivity contribution is 6.04. The second-order valence-electron chi connectivity index (χ2n) is 7.49. The van der Waals surface area contributed by atoms with Crippen molar-refractivity contribution in [3.8, 4) is 0 Å². The van der Waals surface area contributed by atoms with Crippen molar-refractivity contribution in [1.29, 1.82) is 0 Å². The summed E-state index contributed by atoms with van der Waals surface area (Å²) in [4.78, 5) is 27.5. The van der Waals surface area contributed by atoms with Gasteiger partial charge in [-0.1, -0.05) is 31.2 Å². The van der Waals surface area contributed by atoms with Gasteiger partial charge in [-0.05, 0) is 55.6 Å². The first-order valence-electron chi connectivity index (χ1n) is 10.2. The molecule has 1 heterocycles. The van der Waals surface area contributed by atoms with Gasteiger partial charge in [0.05, 0.1) is 17.2 Å². The standard InChI is InChI=1S/C23H28FN3O2/c1-2-13-25-23(29)20-7-3-4-8-21(20)26-22(28)18-6-5-14-27(16-18)15-17-9-11-19(24)12-10-17/h3-4,7-12,18H,2,5-6,13-16H2,1H3,(H,25,29)(H,26,28)/t18-/m0/s1. The minimum absolute atomic E-state index is 0.0652. The van der Waals surface area contributed by atoms with E-state index < -0.39 is 0 Å². The molecule has 0 radical (unpaired) electrons. The number of para-hydroxylation sites is 1. The molecule has 0 spiro atoms. The van der Waals surface area contributed by atoms with Gasteiger partial charge >= 0.3 is 0 Å². The number of halogens is 1. The maximum Gasteiger partial charge on any atom is 0.253 e. The zero-order valence-corrected chi connectivity index (χ0v) is 16.8. The van der Waals surface area contributed by atoms with E-state index in [2.05, 4.69) is 15.5 Å². The summed E-state index contributed by atoms with van der Waals surface area (Å²) >= 11 is 0. The number of nitrogens with one attached hydrogen (secondary N) is 2. The topological polar surface area (TPSA) is 61.4 Å². The second-order valence-corrected chi connectivity index (χ2v) is 7.49. The van der Waals surface area contributed by atoms with E-state index in [1.807, 2.05) is 13.0 Å². The van der Waals surface area contributed by atoms with Gasteiger partial charge in [-0.3, -0.25) is 14.5 Å². The first-order valence-corrected chi connectivity index (χ1v) is 10.2. The van der Waals surface area contributed by atoms with Crippen molar-refractivity contribution in [2.24, 2.45) is 5.92 Å². The lowest BCUT2D eigenvalue weighted by molar-refractivity contribution is -0.121. The molecule has 0 saturated carbocycles. The van der Waals surface area contributed by atoms with Gasteiger partial charge in [0.1, 0.15) is 5.82 Å². The molecule has 6 heteroatoms. The van der Waals surface area contributed by atoms with Crippen molar-refractivity contribution in [2.75, 3.05) is 25.0 Å². The van der Waals surface area contributed by atoms with E-state index >= 15 is 0 Å². The average molecular weight is 397 g/mol. The van der Waals surface area contributed by atoms with Crippen LogP contribution < -0.4 is 10.6 Å². The van der Waals surface area contributed by atoms with Crippen molar-refractivity contribution in [3.63, 3.8) is 0 Å². The zero-order valence-electron chi connectivity index (χ0n) is 16.8. The predicted molar refractivity (Wildman–Crippen MR) is 112 cm³/mol. The molecule has 2 aromatic carbocycles. The van der Waals surface area contributed by atoms with Crippen molar-refractivity contribution in [2.45, 2.75) is 32.7 Å². The van der Waals surface area contributed by atoms with Crippen LogP contribution in [0.3, 0.4) is 0 Å². The van der Waals surface area contributed by atoms with Crippen molar-refractivity contribution in [1.82, 2.24) is 10.2 Å². The third-order valence-electron chi connectivity index (χ3n) is 5.16. The Morgan fingerprint density at radius 3 is 2.66 bits per heavy atom. The molecular weight excluding hydrogens is 369 g/mol. The minimum atomic E-state index is -0.244. The first kappa shape index (κ1) is 21.0. The SMILES string of the molecule is CCCNC(=O)c1ccccc1NC(=O)[C@H]1CCCN(Cc2ccc(F)cc2)C1. The Kier molecular flexibility index (Phi) is 7.36. The molecule has 2 amide bonds. The number of likely N-dealkylation sites (tertiary alicyclic amines) is 1. The monoisotopic (exact) mass is 397 g/mol. The summed E-state index contributed by atoms with van der Waals surface area (Å²) in [6.45, 7) is 4.85. The highest BCUT2D eigenvalue weighted by atomic mass is 19.1. The Labute approximate surface area is 171 Å². The summed E-state index contributed by atoms with van der Waals surface area (Å²) in [5.74, 6) is -0.629. The van der Waals surface area contributed by atoms with E-state index in [-0.39, 0.29) is 23.5 Å². The predicted octanol–water partition coefficient (Wildman–Crippen LogP) is 3.82. The second kappa shape index (κ2) is 10.2. The third-order valence-corrected chi connectivity index (χ3v) is 5.16. The third kappa shape index (κ3) is 5.87. The fourth-order valence-corrected chi connectivity index (χ4v) is 3.62. The van der Waals surface area contributed by atoms with Crippen molar-refractivity contribution < 1.29 is 14.0 Å². The van der Waals surface area contributed by atoms with Crippen LogP contribution in [0.4, 0.5) is 10.1 Å². The Morgan fingerprint density at radius 2 is 1.90 bits per heavy atom. The van der Waals surface area contributed by atoms with Gasteiger partial charge in [-0.2, -0.15) is 0 Å². The van der Waals surface area contributed by atoms with Crippen LogP contribution in [0.2, 0.25) is 0 Å². The van der Waals surface area contributed by atoms with Gasteiger partial charge < -0.3 is 10.6 Å². The van der Waals surface area contributed by atoms with E-state index in [0.29, 0.717) is 30.9 Å². The summed E-state index contributed by atoms with van der Waals surface area (Å²) in [5, 5.41) is 5.81. The lowest BCUT2D eigenvalue weighted by Gasteiger charge is -2.32. The van der Waals surface area contributed by atoms with Crippen LogP contribution in [0.15, 0.2) is 48.5 Å². The number of nitrogens with zero attached hydrogens (tertiary/aromatic N) is 1. The lowest BCUT2D eigenvalue weighted by Crippen LogP contribution is -2.40. The number of carbonyl (C=O) groups excluding carboxylic acids is 2. The van der Waals surface area contributed by atoms with E-state index in [9.17, 15) is 14.0 Å². The van der Waals surface area contributed by atoms with Crippen LogP contribution in [-0.2, 0) is 11.3 Å². The van der Waals surface area contributed by atoms with Crippen LogP contribution in [0.1, 0.15) is 42.1 Å². The largest absolute Gasteiger partial charge is 0.352 e. The molecule has 0 aromatic heterocycles. The number of amides is 2. The molecule has 3 rings (SSSR count). The number of carbonyl (C=O) groups is 2. The summed E-state index contributed by atoms with van der Waals surface area (Å²) in [7, 11) is 0. The number of anilines is 1. The molecule has 154 valence electrons. The summed E-state index contributed by atoms with van der Waals surface area (Å²) in [5.41, 5.74) is 2.06. The number of hydrogen-bond donors (Lipinski definition) is 2. The molecule has 5 nitrogen and oxygen atoms in total. The van der Waals surface area contributed by atoms with Gasteiger partial charge in [0, 0.05) is 19.6 Å². The quantitative estimate of drug-likeness (QED) is 0.747. The Morgan fingerprint density at radius 1 is 1.14 bits per heavy atom. The molecule has 1 aliphatic rings. The van der Waals surface area contributed by atoms with Crippen LogP contribution >= 0.6 is 0 Å². The van der Waals surface area contributed by atoms with Crippen molar-refractivity contribution in [3.05, 3.63) is 65.5 Å². The number of benzene rings is 2. The van der Waals surface area contributed by atoms with Crippen LogP contribution in [0, 0.1) is 11.7 Å². The maximum atomic E-state index is 13.1. The van der Waals surface area contributed by atoms with Crippen LogP contribution in [0.25, 0.3) is 0 Å². The Bertz CT molecular complexity index is 838. The summed E-state index contributed by atoms with van der Waals surface area (Å²) < 4.78 is 13.1. The first-order chi connectivity index (χ1) is 14.1. The minimum Gasteiger partial charge on any atom is -0.352 e. The Hall–Kier alpha value is -2.73. The average Bonchev–Trinajstić information content (AvgIpc) is 2.74. The number of hydrogen-bond acceptors (Lipinski definition) is 3. The van der Waals surface area contributed by atoms with Gasteiger partial charge in [0.15, 0.2) is 0 Å². The lowest BCUT2D eigenvalue weighted by atomic mass is 9.96. The summed E-state index contributed by atoms with van der Waals surface area (Å²) in [6, 6.07) is 13.6. The molecule has 1 fully saturated rings. The highest BCUT2D eigenvalue weighted by Gasteiger charge is 2.26. The maximum absolute atomic E-state index is 13.1. The molecule has 1 saturated heterocycles. The summed E-state index contributed by atoms with van der Waals surface area (Å²) in [6.07, 6.45) is 2.60. The van der Waals surface area contributed by atoms with Crippen LogP contribution in [0.5, 0.6) is 0 Å². The highest BCUT2D eigenvalue weighted by Crippen LogP contribution is 2.22. The smallest absolute Gasteiger partial charge is 0.253 e. The fourth-order valence-electron chi connectivity index (χ4n) is 3.62. The molecule has 2 N–H and O–H groups in total. The molecule has 1 aliphatic heterocycles. The van der Waals surface area contributed by atoms with Gasteiger partial charge in [-0.15, -0.1) is 0 Å². The number of rotatable bonds is 7.